The summed E-state index contributed by atoms with van der Waals surface area (Å²) in [5.41, 5.74) is 1.02. The molecule has 0 atom stereocenters. The minimum atomic E-state index is -0.110. The Balaban J connectivity index is 2.02. The van der Waals surface area contributed by atoms with E-state index in [1.165, 1.54) is 11.8 Å². The maximum atomic E-state index is 13.2. The van der Waals surface area contributed by atoms with E-state index in [4.69, 9.17) is 4.52 Å². The van der Waals surface area contributed by atoms with Gasteiger partial charge in [-0.15, -0.1) is 0 Å². The lowest BCUT2D eigenvalue weighted by Crippen LogP contribution is -2.26. The summed E-state index contributed by atoms with van der Waals surface area (Å²) in [5, 5.41) is 5.39. The van der Waals surface area contributed by atoms with Gasteiger partial charge in [0.2, 0.25) is 11.7 Å². The molecule has 8 heteroatoms. The van der Waals surface area contributed by atoms with Crippen LogP contribution in [0.15, 0.2) is 26.7 Å². The molecule has 124 valence electrons. The molecule has 7 nitrogen and oxygen atoms in total. The van der Waals surface area contributed by atoms with E-state index in [1.54, 1.807) is 19.2 Å². The third-order valence-electron chi connectivity index (χ3n) is 4.39. The van der Waals surface area contributed by atoms with Crippen molar-refractivity contribution >= 4 is 22.8 Å². The zero-order valence-electron chi connectivity index (χ0n) is 13.5. The molecule has 0 radical (unpaired) electrons. The summed E-state index contributed by atoms with van der Waals surface area (Å²) in [7, 11) is 0. The highest BCUT2D eigenvalue weighted by Crippen LogP contribution is 2.31. The smallest absolute Gasteiger partial charge is 0.263 e. The Bertz CT molecular complexity index is 959. The molecule has 1 saturated carbocycles. The molecule has 0 unspecified atom stereocenters. The Morgan fingerprint density at radius 1 is 1.29 bits per heavy atom. The fourth-order valence-electron chi connectivity index (χ4n) is 3.27. The Hall–Kier alpha value is -2.22. The van der Waals surface area contributed by atoms with Crippen molar-refractivity contribution in [2.45, 2.75) is 43.8 Å². The number of nitrogens with zero attached hydrogens (tertiary/aromatic N) is 5. The number of thioether (sulfide) groups is 1. The second kappa shape index (κ2) is 6.01. The standard InChI is InChI=1S/C16H17N5O2S/c1-9-18-13(20-23-9)12-7-10-8-17-16(24-2)19-14(10)21(15(12)22)11-5-3-4-6-11/h7-8,11H,3-6H2,1-2H3. The summed E-state index contributed by atoms with van der Waals surface area (Å²) < 4.78 is 6.85. The van der Waals surface area contributed by atoms with Gasteiger partial charge in [0.1, 0.15) is 5.65 Å². The topological polar surface area (TPSA) is 86.7 Å². The third-order valence-corrected chi connectivity index (χ3v) is 4.95. The van der Waals surface area contributed by atoms with Crippen molar-refractivity contribution in [2.24, 2.45) is 0 Å². The zero-order chi connectivity index (χ0) is 16.7. The van der Waals surface area contributed by atoms with Crippen LogP contribution in [0, 0.1) is 6.92 Å². The average Bonchev–Trinajstić information content (AvgIpc) is 3.25. The number of aryl methyl sites for hydroxylation is 1. The first-order valence-electron chi connectivity index (χ1n) is 7.94. The minimum absolute atomic E-state index is 0.110. The average molecular weight is 343 g/mol. The van der Waals surface area contributed by atoms with Crippen molar-refractivity contribution in [3.8, 4) is 11.4 Å². The first kappa shape index (κ1) is 15.3. The van der Waals surface area contributed by atoms with Crippen LogP contribution in [0.25, 0.3) is 22.4 Å². The predicted molar refractivity (Wildman–Crippen MR) is 91.1 cm³/mol. The Kier molecular flexibility index (Phi) is 3.84. The molecule has 3 aromatic rings. The summed E-state index contributed by atoms with van der Waals surface area (Å²) in [6.45, 7) is 1.71. The fourth-order valence-corrected chi connectivity index (χ4v) is 3.61. The SMILES string of the molecule is CSc1ncc2cc(-c3noc(C)n3)c(=O)n(C3CCCC3)c2n1. The minimum Gasteiger partial charge on any atom is -0.339 e. The van der Waals surface area contributed by atoms with Crippen molar-refractivity contribution in [3.05, 3.63) is 28.5 Å². The number of pyridine rings is 1. The molecule has 0 spiro atoms. The molecular weight excluding hydrogens is 326 g/mol. The van der Waals surface area contributed by atoms with E-state index < -0.39 is 0 Å². The monoisotopic (exact) mass is 343 g/mol. The van der Waals surface area contributed by atoms with Gasteiger partial charge in [-0.05, 0) is 25.2 Å². The predicted octanol–water partition coefficient (Wildman–Crippen LogP) is 2.99. The molecule has 1 aliphatic carbocycles. The van der Waals surface area contributed by atoms with Crippen LogP contribution in [-0.4, -0.2) is 30.9 Å². The van der Waals surface area contributed by atoms with Gasteiger partial charge in [0.05, 0.1) is 5.56 Å². The van der Waals surface area contributed by atoms with E-state index in [0.717, 1.165) is 31.1 Å². The number of rotatable bonds is 3. The van der Waals surface area contributed by atoms with Crippen LogP contribution >= 0.6 is 11.8 Å². The maximum Gasteiger partial charge on any atom is 0.263 e. The Morgan fingerprint density at radius 3 is 2.75 bits per heavy atom. The highest BCUT2D eigenvalue weighted by atomic mass is 32.2. The summed E-state index contributed by atoms with van der Waals surface area (Å²) in [6.07, 6.45) is 7.92. The molecule has 0 aliphatic heterocycles. The van der Waals surface area contributed by atoms with Crippen molar-refractivity contribution < 1.29 is 4.52 Å². The second-order valence-corrected chi connectivity index (χ2v) is 6.72. The summed E-state index contributed by atoms with van der Waals surface area (Å²) in [4.78, 5) is 26.3. The second-order valence-electron chi connectivity index (χ2n) is 5.94. The number of aromatic nitrogens is 5. The maximum absolute atomic E-state index is 13.2. The van der Waals surface area contributed by atoms with E-state index in [0.29, 0.717) is 28.1 Å². The van der Waals surface area contributed by atoms with Crippen molar-refractivity contribution in [2.75, 3.05) is 6.26 Å². The molecule has 3 heterocycles. The molecule has 1 aliphatic rings. The van der Waals surface area contributed by atoms with E-state index in [1.807, 2.05) is 10.8 Å². The van der Waals surface area contributed by atoms with Gasteiger partial charge in [-0.1, -0.05) is 29.8 Å². The van der Waals surface area contributed by atoms with Gasteiger partial charge in [-0.25, -0.2) is 9.97 Å². The molecule has 3 aromatic heterocycles. The highest BCUT2D eigenvalue weighted by Gasteiger charge is 2.24. The lowest BCUT2D eigenvalue weighted by molar-refractivity contribution is 0.394. The number of fused-ring (bicyclic) bond motifs is 1. The Labute approximate surface area is 142 Å². The molecule has 0 bridgehead atoms. The summed E-state index contributed by atoms with van der Waals surface area (Å²) in [6, 6.07) is 1.93. The van der Waals surface area contributed by atoms with Crippen LogP contribution in [0.5, 0.6) is 0 Å². The van der Waals surface area contributed by atoms with Crippen molar-refractivity contribution in [1.82, 2.24) is 24.7 Å². The lowest BCUT2D eigenvalue weighted by Gasteiger charge is -2.17. The van der Waals surface area contributed by atoms with Gasteiger partial charge in [0.25, 0.3) is 5.56 Å². The molecule has 0 saturated heterocycles. The number of hydrogen-bond acceptors (Lipinski definition) is 7. The van der Waals surface area contributed by atoms with Gasteiger partial charge in [0, 0.05) is 24.5 Å². The zero-order valence-corrected chi connectivity index (χ0v) is 14.3. The molecule has 1 fully saturated rings. The summed E-state index contributed by atoms with van der Waals surface area (Å²) >= 11 is 1.47. The van der Waals surface area contributed by atoms with Gasteiger partial charge < -0.3 is 4.52 Å². The third kappa shape index (κ3) is 2.50. The van der Waals surface area contributed by atoms with Gasteiger partial charge in [0.15, 0.2) is 5.16 Å². The lowest BCUT2D eigenvalue weighted by atomic mass is 10.1. The molecule has 24 heavy (non-hydrogen) atoms. The molecule has 0 N–H and O–H groups in total. The van der Waals surface area contributed by atoms with E-state index in [2.05, 4.69) is 20.1 Å². The number of hydrogen-bond donors (Lipinski definition) is 0. The van der Waals surface area contributed by atoms with Gasteiger partial charge in [-0.3, -0.25) is 9.36 Å². The fraction of sp³-hybridized carbons (Fsp3) is 0.438. The largest absolute Gasteiger partial charge is 0.339 e. The quantitative estimate of drug-likeness (QED) is 0.533. The van der Waals surface area contributed by atoms with E-state index >= 15 is 0 Å². The normalized spacial score (nSPS) is 15.4. The van der Waals surface area contributed by atoms with E-state index in [9.17, 15) is 4.79 Å². The van der Waals surface area contributed by atoms with Crippen molar-refractivity contribution in [3.63, 3.8) is 0 Å². The molecular formula is C16H17N5O2S. The highest BCUT2D eigenvalue weighted by molar-refractivity contribution is 7.98. The van der Waals surface area contributed by atoms with Crippen LogP contribution in [0.2, 0.25) is 0 Å². The van der Waals surface area contributed by atoms with Crippen LogP contribution in [0.4, 0.5) is 0 Å². The van der Waals surface area contributed by atoms with Crippen LogP contribution < -0.4 is 5.56 Å². The van der Waals surface area contributed by atoms with E-state index in [-0.39, 0.29) is 11.6 Å². The summed E-state index contributed by atoms with van der Waals surface area (Å²) in [5.74, 6) is 0.756. The van der Waals surface area contributed by atoms with Gasteiger partial charge >= 0.3 is 0 Å². The van der Waals surface area contributed by atoms with Crippen molar-refractivity contribution in [1.29, 1.82) is 0 Å². The Morgan fingerprint density at radius 2 is 2.08 bits per heavy atom. The van der Waals surface area contributed by atoms with Gasteiger partial charge in [-0.2, -0.15) is 4.98 Å². The molecule has 0 aromatic carbocycles. The first-order valence-corrected chi connectivity index (χ1v) is 9.17. The van der Waals surface area contributed by atoms with Crippen LogP contribution in [-0.2, 0) is 0 Å². The molecule has 0 amide bonds. The first-order chi connectivity index (χ1) is 11.7. The van der Waals surface area contributed by atoms with Crippen LogP contribution in [0.3, 0.4) is 0 Å². The van der Waals surface area contributed by atoms with Crippen LogP contribution in [0.1, 0.15) is 37.6 Å². The molecule has 4 rings (SSSR count).